The number of ether oxygens (including phenoxy) is 1. The van der Waals surface area contributed by atoms with Gasteiger partial charge in [0.1, 0.15) is 18.3 Å². The van der Waals surface area contributed by atoms with Crippen LogP contribution in [0.2, 0.25) is 10.0 Å². The molecule has 12 heteroatoms. The lowest BCUT2D eigenvalue weighted by Crippen LogP contribution is -2.52. The molecule has 0 heterocycles. The largest absolute Gasteiger partial charge is 0.492 e. The van der Waals surface area contributed by atoms with Crippen LogP contribution in [0, 0.1) is 0 Å². The van der Waals surface area contributed by atoms with Gasteiger partial charge < -0.3 is 15.0 Å². The molecule has 3 aromatic carbocycles. The number of hydrogen-bond donors (Lipinski definition) is 1. The van der Waals surface area contributed by atoms with E-state index in [0.717, 1.165) is 9.20 Å². The summed E-state index contributed by atoms with van der Waals surface area (Å²) in [4.78, 5) is 29.8. The van der Waals surface area contributed by atoms with Gasteiger partial charge in [-0.2, -0.15) is 0 Å². The number of hydrogen-bond acceptors (Lipinski definition) is 6. The molecule has 0 aliphatic heterocycles. The minimum Gasteiger partial charge on any atom is -0.492 e. The monoisotopic (exact) mass is 665 g/mol. The SMILES string of the molecule is CCCNC(=O)[C@@H](CC)N(Cc1c(Cl)cccc1Cl)C(=O)CN(c1ccccc1OCC)S(=O)(=O)c1ccc(SC)cc1. The van der Waals surface area contributed by atoms with E-state index in [1.165, 1.54) is 28.8 Å². The molecule has 232 valence electrons. The Kier molecular flexibility index (Phi) is 13.1. The molecule has 0 fully saturated rings. The van der Waals surface area contributed by atoms with E-state index < -0.39 is 28.5 Å². The summed E-state index contributed by atoms with van der Waals surface area (Å²) < 4.78 is 35.2. The van der Waals surface area contributed by atoms with Crippen molar-refractivity contribution in [2.75, 3.05) is 30.3 Å². The molecule has 8 nitrogen and oxygen atoms in total. The summed E-state index contributed by atoms with van der Waals surface area (Å²) in [6.45, 7) is 5.52. The number of benzene rings is 3. The third-order valence-corrected chi connectivity index (χ3v) is 9.91. The molecule has 0 bridgehead atoms. The Morgan fingerprint density at radius 2 is 1.60 bits per heavy atom. The smallest absolute Gasteiger partial charge is 0.264 e. The second-order valence-electron chi connectivity index (χ2n) is 9.52. The zero-order valence-corrected chi connectivity index (χ0v) is 27.8. The van der Waals surface area contributed by atoms with Crippen LogP contribution in [0.4, 0.5) is 5.69 Å². The third kappa shape index (κ3) is 8.59. The van der Waals surface area contributed by atoms with Crippen molar-refractivity contribution < 1.29 is 22.7 Å². The van der Waals surface area contributed by atoms with Crippen LogP contribution in [0.5, 0.6) is 5.75 Å². The number of nitrogens with one attached hydrogen (secondary N) is 1. The minimum atomic E-state index is -4.26. The number of thioether (sulfide) groups is 1. The number of nitrogens with zero attached hydrogens (tertiary/aromatic N) is 2. The lowest BCUT2D eigenvalue weighted by molar-refractivity contribution is -0.140. The molecule has 0 spiro atoms. The van der Waals surface area contributed by atoms with Crippen LogP contribution in [0.3, 0.4) is 0 Å². The van der Waals surface area contributed by atoms with Gasteiger partial charge in [0.25, 0.3) is 10.0 Å². The maximum Gasteiger partial charge on any atom is 0.264 e. The number of carbonyl (C=O) groups is 2. The Hall–Kier alpha value is -2.92. The van der Waals surface area contributed by atoms with Gasteiger partial charge in [-0.3, -0.25) is 13.9 Å². The Balaban J connectivity index is 2.14. The molecule has 1 atom stereocenters. The molecule has 0 aliphatic carbocycles. The van der Waals surface area contributed by atoms with Gasteiger partial charge in [-0.25, -0.2) is 8.42 Å². The molecule has 0 aromatic heterocycles. The molecular weight excluding hydrogens is 629 g/mol. The van der Waals surface area contributed by atoms with E-state index >= 15 is 0 Å². The fourth-order valence-electron chi connectivity index (χ4n) is 4.47. The fraction of sp³-hybridized carbons (Fsp3) is 0.355. The van der Waals surface area contributed by atoms with E-state index in [-0.39, 0.29) is 36.1 Å². The van der Waals surface area contributed by atoms with Crippen molar-refractivity contribution >= 4 is 62.5 Å². The maximum absolute atomic E-state index is 14.3. The first-order valence-electron chi connectivity index (χ1n) is 14.0. The van der Waals surface area contributed by atoms with Crippen molar-refractivity contribution in [2.24, 2.45) is 0 Å². The topological polar surface area (TPSA) is 96.0 Å². The highest BCUT2D eigenvalue weighted by atomic mass is 35.5. The Morgan fingerprint density at radius 3 is 2.19 bits per heavy atom. The van der Waals surface area contributed by atoms with Crippen LogP contribution in [0.1, 0.15) is 39.2 Å². The van der Waals surface area contributed by atoms with Crippen molar-refractivity contribution in [2.45, 2.75) is 56.0 Å². The van der Waals surface area contributed by atoms with E-state index in [9.17, 15) is 18.0 Å². The summed E-state index contributed by atoms with van der Waals surface area (Å²) in [7, 11) is -4.26. The van der Waals surface area contributed by atoms with Gasteiger partial charge in [0.05, 0.1) is 17.2 Å². The average molecular weight is 667 g/mol. The van der Waals surface area contributed by atoms with Crippen LogP contribution in [0.15, 0.2) is 76.5 Å². The van der Waals surface area contributed by atoms with Crippen LogP contribution in [0.25, 0.3) is 0 Å². The van der Waals surface area contributed by atoms with E-state index in [4.69, 9.17) is 27.9 Å². The van der Waals surface area contributed by atoms with E-state index in [0.29, 0.717) is 34.3 Å². The van der Waals surface area contributed by atoms with Gasteiger partial charge in [0.2, 0.25) is 11.8 Å². The van der Waals surface area contributed by atoms with Gasteiger partial charge in [-0.05, 0) is 74.6 Å². The second kappa shape index (κ2) is 16.2. The van der Waals surface area contributed by atoms with Gasteiger partial charge >= 0.3 is 0 Å². The maximum atomic E-state index is 14.3. The highest BCUT2D eigenvalue weighted by Crippen LogP contribution is 2.34. The highest BCUT2D eigenvalue weighted by molar-refractivity contribution is 7.98. The molecule has 0 aliphatic rings. The average Bonchev–Trinajstić information content (AvgIpc) is 3.00. The van der Waals surface area contributed by atoms with Crippen LogP contribution < -0.4 is 14.4 Å². The normalized spacial score (nSPS) is 12.0. The molecule has 3 aromatic rings. The fourth-order valence-corrected chi connectivity index (χ4v) is 6.82. The number of anilines is 1. The molecule has 1 N–H and O–H groups in total. The summed E-state index contributed by atoms with van der Waals surface area (Å²) in [5.74, 6) is -0.654. The van der Waals surface area contributed by atoms with Crippen molar-refractivity contribution in [1.82, 2.24) is 10.2 Å². The van der Waals surface area contributed by atoms with Crippen LogP contribution >= 0.6 is 35.0 Å². The van der Waals surface area contributed by atoms with Gasteiger partial charge in [0, 0.05) is 33.6 Å². The Labute approximate surface area is 268 Å². The molecule has 0 saturated heterocycles. The van der Waals surface area contributed by atoms with Crippen molar-refractivity contribution in [3.05, 3.63) is 82.3 Å². The quantitative estimate of drug-likeness (QED) is 0.183. The minimum absolute atomic E-state index is 0.0119. The molecule has 0 unspecified atom stereocenters. The molecule has 0 radical (unpaired) electrons. The van der Waals surface area contributed by atoms with E-state index in [1.807, 2.05) is 13.2 Å². The first-order valence-corrected chi connectivity index (χ1v) is 17.4. The molecule has 0 saturated carbocycles. The van der Waals surface area contributed by atoms with Crippen molar-refractivity contribution in [3.8, 4) is 5.75 Å². The summed E-state index contributed by atoms with van der Waals surface area (Å²) in [6, 6.07) is 17.2. The zero-order chi connectivity index (χ0) is 31.6. The van der Waals surface area contributed by atoms with Crippen LogP contribution in [-0.4, -0.2) is 57.1 Å². The summed E-state index contributed by atoms with van der Waals surface area (Å²) in [6.07, 6.45) is 2.89. The van der Waals surface area contributed by atoms with E-state index in [1.54, 1.807) is 68.4 Å². The summed E-state index contributed by atoms with van der Waals surface area (Å²) in [5, 5.41) is 3.51. The second-order valence-corrected chi connectivity index (χ2v) is 13.1. The lowest BCUT2D eigenvalue weighted by Gasteiger charge is -2.34. The summed E-state index contributed by atoms with van der Waals surface area (Å²) in [5.41, 5.74) is 0.656. The number of sulfonamides is 1. The predicted molar refractivity (Wildman–Crippen MR) is 175 cm³/mol. The first kappa shape index (κ1) is 34.6. The lowest BCUT2D eigenvalue weighted by atomic mass is 10.1. The Bertz CT molecular complexity index is 1480. The predicted octanol–water partition coefficient (Wildman–Crippen LogP) is 6.64. The van der Waals surface area contributed by atoms with Crippen molar-refractivity contribution in [3.63, 3.8) is 0 Å². The third-order valence-electron chi connectivity index (χ3n) is 6.69. The van der Waals surface area contributed by atoms with Gasteiger partial charge in [0.15, 0.2) is 0 Å². The Morgan fingerprint density at radius 1 is 0.953 bits per heavy atom. The van der Waals surface area contributed by atoms with E-state index in [2.05, 4.69) is 5.32 Å². The number of halogens is 2. The highest BCUT2D eigenvalue weighted by Gasteiger charge is 2.35. The molecule has 2 amide bonds. The number of amides is 2. The van der Waals surface area contributed by atoms with Gasteiger partial charge in [-0.1, -0.05) is 55.2 Å². The molecular formula is C31H37Cl2N3O5S2. The number of para-hydroxylation sites is 2. The zero-order valence-electron chi connectivity index (χ0n) is 24.7. The van der Waals surface area contributed by atoms with Gasteiger partial charge in [-0.15, -0.1) is 11.8 Å². The summed E-state index contributed by atoms with van der Waals surface area (Å²) >= 11 is 14.4. The molecule has 43 heavy (non-hydrogen) atoms. The van der Waals surface area contributed by atoms with Crippen molar-refractivity contribution in [1.29, 1.82) is 0 Å². The van der Waals surface area contributed by atoms with Crippen LogP contribution in [-0.2, 0) is 26.2 Å². The standard InChI is InChI=1S/C31H37Cl2N3O5S2/c1-5-19-34-31(38)27(6-2)35(20-24-25(32)11-10-12-26(24)33)30(37)21-36(28-13-8-9-14-29(28)41-7-3)43(39,40)23-17-15-22(42-4)16-18-23/h8-18,27H,5-7,19-21H2,1-4H3,(H,34,38)/t27-/m1/s1. The number of rotatable bonds is 15. The molecule has 3 rings (SSSR count). The first-order chi connectivity index (χ1) is 20.6. The number of carbonyl (C=O) groups excluding carboxylic acids is 2.